The molecule has 3 amide bonds. The number of anilines is 1. The first kappa shape index (κ1) is 19.5. The van der Waals surface area contributed by atoms with Crippen molar-refractivity contribution >= 4 is 17.9 Å². The van der Waals surface area contributed by atoms with Gasteiger partial charge in [0.25, 0.3) is 0 Å². The lowest BCUT2D eigenvalue weighted by Crippen LogP contribution is -2.32. The van der Waals surface area contributed by atoms with Crippen molar-refractivity contribution in [3.05, 3.63) is 53.1 Å². The molecule has 154 valence electrons. The van der Waals surface area contributed by atoms with E-state index in [-0.39, 0.29) is 12.1 Å². The van der Waals surface area contributed by atoms with Crippen molar-refractivity contribution in [3.63, 3.8) is 0 Å². The predicted molar refractivity (Wildman–Crippen MR) is 107 cm³/mol. The van der Waals surface area contributed by atoms with Crippen LogP contribution in [0.1, 0.15) is 16.7 Å². The summed E-state index contributed by atoms with van der Waals surface area (Å²) >= 11 is 0. The molecule has 30 heavy (non-hydrogen) atoms. The van der Waals surface area contributed by atoms with Gasteiger partial charge in [-0.2, -0.15) is 10.2 Å². The zero-order valence-electron chi connectivity index (χ0n) is 16.5. The Hall–Kier alpha value is -3.80. The number of nitrogens with one attached hydrogen (secondary N) is 1. The van der Waals surface area contributed by atoms with Crippen molar-refractivity contribution in [1.82, 2.24) is 15.2 Å². The van der Waals surface area contributed by atoms with Crippen LogP contribution >= 0.6 is 0 Å². The van der Waals surface area contributed by atoms with Gasteiger partial charge in [-0.3, -0.25) is 4.90 Å². The number of hydrogen-bond donors (Lipinski definition) is 1. The SMILES string of the molecule is COc1nc(N2CCN(Cc3ccc(C#N)cc3)C2=O)ccc1C[C@H]1COC(=O)N1. The normalized spacial score (nSPS) is 18.2. The fraction of sp³-hybridized carbons (Fsp3) is 0.333. The number of alkyl carbamates (subject to hydrolysis) is 1. The number of cyclic esters (lactones) is 1. The highest BCUT2D eigenvalue weighted by Gasteiger charge is 2.31. The Morgan fingerprint density at radius 3 is 2.70 bits per heavy atom. The zero-order chi connectivity index (χ0) is 21.1. The van der Waals surface area contributed by atoms with Gasteiger partial charge in [0.15, 0.2) is 0 Å². The molecule has 1 aromatic heterocycles. The van der Waals surface area contributed by atoms with Crippen LogP contribution in [-0.4, -0.2) is 54.9 Å². The molecule has 0 saturated carbocycles. The van der Waals surface area contributed by atoms with Gasteiger partial charge in [-0.25, -0.2) is 9.59 Å². The second-order valence-corrected chi connectivity index (χ2v) is 7.15. The van der Waals surface area contributed by atoms with E-state index in [2.05, 4.69) is 16.4 Å². The highest BCUT2D eigenvalue weighted by molar-refractivity contribution is 5.93. The van der Waals surface area contributed by atoms with Crippen LogP contribution in [0.25, 0.3) is 0 Å². The van der Waals surface area contributed by atoms with E-state index in [1.165, 1.54) is 7.11 Å². The Labute approximate surface area is 173 Å². The Bertz CT molecular complexity index is 1000. The van der Waals surface area contributed by atoms with Crippen LogP contribution in [0.5, 0.6) is 5.88 Å². The first-order valence-corrected chi connectivity index (χ1v) is 9.60. The fourth-order valence-corrected chi connectivity index (χ4v) is 3.59. The lowest BCUT2D eigenvalue weighted by Gasteiger charge is -2.19. The van der Waals surface area contributed by atoms with E-state index in [0.29, 0.717) is 49.9 Å². The summed E-state index contributed by atoms with van der Waals surface area (Å²) in [5.41, 5.74) is 2.39. The molecule has 0 bridgehead atoms. The van der Waals surface area contributed by atoms with Gasteiger partial charge >= 0.3 is 12.1 Å². The summed E-state index contributed by atoms with van der Waals surface area (Å²) < 4.78 is 10.3. The zero-order valence-corrected chi connectivity index (χ0v) is 16.5. The van der Waals surface area contributed by atoms with Gasteiger partial charge in [0.05, 0.1) is 24.8 Å². The van der Waals surface area contributed by atoms with Gasteiger partial charge in [0.2, 0.25) is 5.88 Å². The molecule has 2 aliphatic rings. The first-order valence-electron chi connectivity index (χ1n) is 9.60. The highest BCUT2D eigenvalue weighted by Crippen LogP contribution is 2.26. The van der Waals surface area contributed by atoms with Crippen LogP contribution in [0.2, 0.25) is 0 Å². The monoisotopic (exact) mass is 407 g/mol. The van der Waals surface area contributed by atoms with E-state index in [1.807, 2.05) is 18.2 Å². The second-order valence-electron chi connectivity index (χ2n) is 7.15. The Balaban J connectivity index is 1.45. The Kier molecular flexibility index (Phi) is 5.39. The third kappa shape index (κ3) is 3.98. The number of carbonyl (C=O) groups is 2. The molecule has 0 radical (unpaired) electrons. The molecule has 0 unspecified atom stereocenters. The van der Waals surface area contributed by atoms with Gasteiger partial charge in [-0.1, -0.05) is 12.1 Å². The van der Waals surface area contributed by atoms with Gasteiger partial charge < -0.3 is 19.7 Å². The molecule has 9 heteroatoms. The minimum absolute atomic E-state index is 0.127. The highest BCUT2D eigenvalue weighted by atomic mass is 16.6. The van der Waals surface area contributed by atoms with E-state index in [1.54, 1.807) is 28.0 Å². The molecule has 2 aromatic rings. The number of carbonyl (C=O) groups excluding carboxylic acids is 2. The Morgan fingerprint density at radius 1 is 1.23 bits per heavy atom. The number of amides is 3. The number of pyridine rings is 1. The molecule has 0 spiro atoms. The molecule has 4 rings (SSSR count). The number of urea groups is 1. The van der Waals surface area contributed by atoms with Crippen LogP contribution in [0.4, 0.5) is 15.4 Å². The number of methoxy groups -OCH3 is 1. The molecular weight excluding hydrogens is 386 g/mol. The van der Waals surface area contributed by atoms with Gasteiger partial charge in [0.1, 0.15) is 12.4 Å². The number of ether oxygens (including phenoxy) is 2. The van der Waals surface area contributed by atoms with Crippen LogP contribution in [0.3, 0.4) is 0 Å². The standard InChI is InChI=1S/C21H21N5O4/c1-29-19-16(10-17-13-30-20(27)23-17)6-7-18(24-19)26-9-8-25(21(26)28)12-15-4-2-14(11-22)3-5-15/h2-7,17H,8-10,12-13H2,1H3,(H,23,27)/t17-/m0/s1. The molecule has 0 aliphatic carbocycles. The van der Waals surface area contributed by atoms with E-state index < -0.39 is 6.09 Å². The summed E-state index contributed by atoms with van der Waals surface area (Å²) in [6, 6.07) is 12.7. The summed E-state index contributed by atoms with van der Waals surface area (Å²) in [6.07, 6.45) is 0.106. The summed E-state index contributed by atoms with van der Waals surface area (Å²) in [5.74, 6) is 0.946. The van der Waals surface area contributed by atoms with Crippen LogP contribution in [0, 0.1) is 11.3 Å². The summed E-state index contributed by atoms with van der Waals surface area (Å²) in [6.45, 7) is 1.88. The molecular formula is C21H21N5O4. The molecule has 2 saturated heterocycles. The molecule has 1 N–H and O–H groups in total. The lowest BCUT2D eigenvalue weighted by atomic mass is 10.1. The average molecular weight is 407 g/mol. The maximum atomic E-state index is 12.9. The topological polar surface area (TPSA) is 108 Å². The second kappa shape index (κ2) is 8.29. The van der Waals surface area contributed by atoms with Crippen molar-refractivity contribution in [3.8, 4) is 11.9 Å². The number of benzene rings is 1. The smallest absolute Gasteiger partial charge is 0.407 e. The maximum absolute atomic E-state index is 12.9. The largest absolute Gasteiger partial charge is 0.481 e. The summed E-state index contributed by atoms with van der Waals surface area (Å²) in [7, 11) is 1.53. The van der Waals surface area contributed by atoms with Crippen molar-refractivity contribution in [2.45, 2.75) is 19.0 Å². The van der Waals surface area contributed by atoms with Crippen LogP contribution in [-0.2, 0) is 17.7 Å². The quantitative estimate of drug-likeness (QED) is 0.785. The van der Waals surface area contributed by atoms with Crippen molar-refractivity contribution < 1.29 is 19.1 Å². The third-order valence-corrected chi connectivity index (χ3v) is 5.15. The summed E-state index contributed by atoms with van der Waals surface area (Å²) in [4.78, 5) is 32.0. The summed E-state index contributed by atoms with van der Waals surface area (Å²) in [5, 5.41) is 11.6. The van der Waals surface area contributed by atoms with Crippen LogP contribution < -0.4 is 15.0 Å². The fourth-order valence-electron chi connectivity index (χ4n) is 3.59. The minimum atomic E-state index is -0.423. The molecule has 2 aliphatic heterocycles. The number of nitriles is 1. The lowest BCUT2D eigenvalue weighted by molar-refractivity contribution is 0.176. The average Bonchev–Trinajstić information content (AvgIpc) is 3.34. The molecule has 2 fully saturated rings. The molecule has 1 atom stereocenters. The van der Waals surface area contributed by atoms with E-state index in [9.17, 15) is 9.59 Å². The van der Waals surface area contributed by atoms with Crippen molar-refractivity contribution in [2.75, 3.05) is 31.7 Å². The van der Waals surface area contributed by atoms with Crippen molar-refractivity contribution in [2.24, 2.45) is 0 Å². The third-order valence-electron chi connectivity index (χ3n) is 5.15. The minimum Gasteiger partial charge on any atom is -0.481 e. The predicted octanol–water partition coefficient (Wildman–Crippen LogP) is 2.05. The number of aromatic nitrogens is 1. The van der Waals surface area contributed by atoms with E-state index in [0.717, 1.165) is 11.1 Å². The molecule has 3 heterocycles. The van der Waals surface area contributed by atoms with Gasteiger partial charge in [-0.05, 0) is 29.8 Å². The molecule has 9 nitrogen and oxygen atoms in total. The number of rotatable bonds is 6. The van der Waals surface area contributed by atoms with Gasteiger partial charge in [0, 0.05) is 31.6 Å². The van der Waals surface area contributed by atoms with E-state index >= 15 is 0 Å². The number of nitrogens with zero attached hydrogens (tertiary/aromatic N) is 4. The van der Waals surface area contributed by atoms with Gasteiger partial charge in [-0.15, -0.1) is 0 Å². The van der Waals surface area contributed by atoms with Crippen molar-refractivity contribution in [1.29, 1.82) is 5.26 Å². The Morgan fingerprint density at radius 2 is 2.03 bits per heavy atom. The first-order chi connectivity index (χ1) is 14.6. The number of hydrogen-bond acceptors (Lipinski definition) is 6. The maximum Gasteiger partial charge on any atom is 0.407 e. The van der Waals surface area contributed by atoms with Crippen LogP contribution in [0.15, 0.2) is 36.4 Å². The molecule has 1 aromatic carbocycles. The van der Waals surface area contributed by atoms with E-state index in [4.69, 9.17) is 14.7 Å².